The van der Waals surface area contributed by atoms with Gasteiger partial charge < -0.3 is 10.1 Å². The van der Waals surface area contributed by atoms with Gasteiger partial charge in [0.1, 0.15) is 6.10 Å². The zero-order valence-electron chi connectivity index (χ0n) is 17.3. The Hall–Kier alpha value is -1.63. The van der Waals surface area contributed by atoms with Crippen molar-refractivity contribution in [1.29, 1.82) is 0 Å². The first-order valence-corrected chi connectivity index (χ1v) is 11.5. The highest BCUT2D eigenvalue weighted by atomic mass is 127. The molecule has 1 heterocycles. The van der Waals surface area contributed by atoms with Crippen LogP contribution in [0.15, 0.2) is 46.8 Å². The van der Waals surface area contributed by atoms with Gasteiger partial charge in [-0.1, -0.05) is 26.0 Å². The van der Waals surface area contributed by atoms with Crippen LogP contribution in [0.1, 0.15) is 70.8 Å². The third-order valence-electron chi connectivity index (χ3n) is 6.24. The number of benzene rings is 1. The number of halogens is 1. The Balaban J connectivity index is 1.78. The molecule has 3 aliphatic rings. The Bertz CT molecular complexity index is 905. The molecule has 0 saturated heterocycles. The zero-order valence-corrected chi connectivity index (χ0v) is 19.5. The van der Waals surface area contributed by atoms with Crippen molar-refractivity contribution in [2.24, 2.45) is 5.41 Å². The fraction of sp³-hybridized carbons (Fsp3) is 0.500. The van der Waals surface area contributed by atoms with E-state index in [4.69, 9.17) is 4.74 Å². The van der Waals surface area contributed by atoms with Gasteiger partial charge in [0.15, 0.2) is 5.78 Å². The summed E-state index contributed by atoms with van der Waals surface area (Å²) in [5.74, 6) is -0.513. The molecule has 0 bridgehead atoms. The van der Waals surface area contributed by atoms with Crippen LogP contribution in [0.2, 0.25) is 0 Å². The highest BCUT2D eigenvalue weighted by Crippen LogP contribution is 2.47. The first kappa shape index (κ1) is 20.6. The van der Waals surface area contributed by atoms with Gasteiger partial charge in [-0.25, -0.2) is 4.79 Å². The van der Waals surface area contributed by atoms with Gasteiger partial charge in [-0.3, -0.25) is 4.79 Å². The van der Waals surface area contributed by atoms with Gasteiger partial charge >= 0.3 is 5.97 Å². The average molecular weight is 505 g/mol. The Morgan fingerprint density at radius 2 is 1.79 bits per heavy atom. The summed E-state index contributed by atoms with van der Waals surface area (Å²) in [6.07, 6.45) is 5.38. The molecule has 4 rings (SSSR count). The summed E-state index contributed by atoms with van der Waals surface area (Å²) in [6, 6.07) is 8.13. The van der Waals surface area contributed by atoms with E-state index in [0.717, 1.165) is 58.2 Å². The molecule has 0 spiro atoms. The number of hydrogen-bond acceptors (Lipinski definition) is 4. The van der Waals surface area contributed by atoms with Crippen LogP contribution in [0.3, 0.4) is 0 Å². The molecule has 1 fully saturated rings. The van der Waals surface area contributed by atoms with Gasteiger partial charge in [-0.15, -0.1) is 0 Å². The van der Waals surface area contributed by atoms with E-state index in [2.05, 4.69) is 41.8 Å². The average Bonchev–Trinajstić information content (AvgIpc) is 3.13. The molecule has 0 unspecified atom stereocenters. The molecule has 1 aliphatic heterocycles. The third kappa shape index (κ3) is 4.16. The number of rotatable bonds is 3. The summed E-state index contributed by atoms with van der Waals surface area (Å²) >= 11 is 2.27. The van der Waals surface area contributed by atoms with Crippen LogP contribution in [-0.4, -0.2) is 17.9 Å². The van der Waals surface area contributed by atoms with E-state index in [-0.39, 0.29) is 29.2 Å². The number of Topliss-reactive ketones (excluding diaryl/α,β-unsaturated/α-hetero) is 1. The number of allylic oxidation sites excluding steroid dienone is 3. The maximum absolute atomic E-state index is 13.3. The van der Waals surface area contributed by atoms with Crippen LogP contribution in [0, 0.1) is 8.99 Å². The molecule has 29 heavy (non-hydrogen) atoms. The van der Waals surface area contributed by atoms with Crippen molar-refractivity contribution in [2.75, 3.05) is 0 Å². The number of ketones is 1. The number of dihydropyridines is 1. The first-order chi connectivity index (χ1) is 13.7. The summed E-state index contributed by atoms with van der Waals surface area (Å²) in [5, 5.41) is 3.41. The van der Waals surface area contributed by atoms with Crippen molar-refractivity contribution in [3.05, 3.63) is 55.9 Å². The first-order valence-electron chi connectivity index (χ1n) is 10.5. The van der Waals surface area contributed by atoms with Crippen LogP contribution in [0.25, 0.3) is 0 Å². The Kier molecular flexibility index (Phi) is 5.62. The van der Waals surface area contributed by atoms with Crippen molar-refractivity contribution in [1.82, 2.24) is 5.32 Å². The fourth-order valence-corrected chi connectivity index (χ4v) is 5.28. The number of hydrogen-bond donors (Lipinski definition) is 1. The lowest BCUT2D eigenvalue weighted by Gasteiger charge is -2.39. The Morgan fingerprint density at radius 1 is 1.14 bits per heavy atom. The fourth-order valence-electron chi connectivity index (χ4n) is 4.92. The second-order valence-corrected chi connectivity index (χ2v) is 10.5. The molecule has 0 radical (unpaired) electrons. The minimum Gasteiger partial charge on any atom is -0.459 e. The molecule has 0 amide bonds. The molecule has 1 atom stereocenters. The molecule has 154 valence electrons. The zero-order chi connectivity index (χ0) is 20.8. The summed E-state index contributed by atoms with van der Waals surface area (Å²) in [6.45, 7) is 6.18. The van der Waals surface area contributed by atoms with E-state index in [9.17, 15) is 9.59 Å². The molecule has 0 aromatic heterocycles. The Labute approximate surface area is 186 Å². The van der Waals surface area contributed by atoms with E-state index in [1.54, 1.807) is 0 Å². The molecule has 1 N–H and O–H groups in total. The largest absolute Gasteiger partial charge is 0.459 e. The van der Waals surface area contributed by atoms with E-state index in [0.29, 0.717) is 12.0 Å². The second-order valence-electron chi connectivity index (χ2n) is 9.29. The molecular weight excluding hydrogens is 477 g/mol. The van der Waals surface area contributed by atoms with Crippen LogP contribution in [-0.2, 0) is 14.3 Å². The van der Waals surface area contributed by atoms with E-state index >= 15 is 0 Å². The molecule has 1 aromatic carbocycles. The van der Waals surface area contributed by atoms with Gasteiger partial charge in [0, 0.05) is 32.9 Å². The van der Waals surface area contributed by atoms with Gasteiger partial charge in [0.2, 0.25) is 0 Å². The second kappa shape index (κ2) is 7.89. The maximum Gasteiger partial charge on any atom is 0.337 e. The third-order valence-corrected chi connectivity index (χ3v) is 6.96. The smallest absolute Gasteiger partial charge is 0.337 e. The lowest BCUT2D eigenvalue weighted by molar-refractivity contribution is -0.144. The van der Waals surface area contributed by atoms with Crippen LogP contribution in [0.5, 0.6) is 0 Å². The van der Waals surface area contributed by atoms with Crippen LogP contribution in [0.4, 0.5) is 0 Å². The van der Waals surface area contributed by atoms with Crippen LogP contribution < -0.4 is 5.32 Å². The highest BCUT2D eigenvalue weighted by molar-refractivity contribution is 14.1. The van der Waals surface area contributed by atoms with Crippen molar-refractivity contribution in [3.8, 4) is 0 Å². The predicted octanol–water partition coefficient (Wildman–Crippen LogP) is 5.38. The van der Waals surface area contributed by atoms with Gasteiger partial charge in [-0.05, 0) is 84.7 Å². The number of carbonyl (C=O) groups excluding carboxylic acids is 2. The maximum atomic E-state index is 13.3. The highest BCUT2D eigenvalue weighted by Gasteiger charge is 2.43. The number of carbonyl (C=O) groups is 2. The summed E-state index contributed by atoms with van der Waals surface area (Å²) in [7, 11) is 0. The minimum atomic E-state index is -0.360. The Morgan fingerprint density at radius 3 is 2.45 bits per heavy atom. The molecule has 2 aliphatic carbocycles. The summed E-state index contributed by atoms with van der Waals surface area (Å²) in [4.78, 5) is 26.5. The quantitative estimate of drug-likeness (QED) is 0.443. The van der Waals surface area contributed by atoms with Gasteiger partial charge in [0.25, 0.3) is 0 Å². The molecule has 1 aromatic rings. The standard InChI is InChI=1S/C24H28INO3/c1-14-20(23(28)29-17-6-4-5-7-17)21(15-8-10-16(25)11-9-15)22-18(26-14)12-24(2,3)13-19(22)27/h8-11,17,21,26H,4-7,12-13H2,1-3H3/t21-/m0/s1. The summed E-state index contributed by atoms with van der Waals surface area (Å²) in [5.41, 5.74) is 4.00. The SMILES string of the molecule is CC1=C(C(=O)OC2CCCC2)[C@H](c2ccc(I)cc2)C2=C(CC(C)(C)CC2=O)N1. The molecule has 5 heteroatoms. The summed E-state index contributed by atoms with van der Waals surface area (Å²) < 4.78 is 7.01. The lowest BCUT2D eigenvalue weighted by atomic mass is 9.68. The number of nitrogens with one attached hydrogen (secondary N) is 1. The molecule has 1 saturated carbocycles. The normalized spacial score (nSPS) is 24.4. The van der Waals surface area contributed by atoms with E-state index in [1.807, 2.05) is 31.2 Å². The van der Waals surface area contributed by atoms with Crippen molar-refractivity contribution in [3.63, 3.8) is 0 Å². The molecular formula is C24H28INO3. The number of ether oxygens (including phenoxy) is 1. The lowest BCUT2D eigenvalue weighted by Crippen LogP contribution is -2.39. The van der Waals surface area contributed by atoms with Crippen LogP contribution >= 0.6 is 22.6 Å². The monoisotopic (exact) mass is 505 g/mol. The minimum absolute atomic E-state index is 0.00320. The molecule has 4 nitrogen and oxygen atoms in total. The van der Waals surface area contributed by atoms with E-state index in [1.165, 1.54) is 0 Å². The number of esters is 1. The van der Waals surface area contributed by atoms with Gasteiger partial charge in [0.05, 0.1) is 5.57 Å². The van der Waals surface area contributed by atoms with Crippen molar-refractivity contribution >= 4 is 34.3 Å². The van der Waals surface area contributed by atoms with Gasteiger partial charge in [-0.2, -0.15) is 0 Å². The van der Waals surface area contributed by atoms with Crippen molar-refractivity contribution < 1.29 is 14.3 Å². The topological polar surface area (TPSA) is 55.4 Å². The van der Waals surface area contributed by atoms with E-state index < -0.39 is 0 Å². The van der Waals surface area contributed by atoms with Crippen molar-refractivity contribution in [2.45, 2.75) is 71.3 Å². The predicted molar refractivity (Wildman–Crippen MR) is 121 cm³/mol.